The van der Waals surface area contributed by atoms with Gasteiger partial charge in [-0.2, -0.15) is 0 Å². The Balaban J connectivity index is 1.81. The lowest BCUT2D eigenvalue weighted by atomic mass is 10.1. The number of hydrogen-bond acceptors (Lipinski definition) is 4. The second-order valence-electron chi connectivity index (χ2n) is 6.32. The number of likely N-dealkylation sites (N-methyl/N-ethyl adjacent to an activating group) is 1. The fourth-order valence-electron chi connectivity index (χ4n) is 3.01. The molecular weight excluding hydrogens is 312 g/mol. The van der Waals surface area contributed by atoms with E-state index >= 15 is 0 Å². The lowest BCUT2D eigenvalue weighted by molar-refractivity contribution is -0.134. The third-order valence-corrected chi connectivity index (χ3v) is 4.62. The highest BCUT2D eigenvalue weighted by Gasteiger charge is 2.31. The van der Waals surface area contributed by atoms with Gasteiger partial charge in [0.2, 0.25) is 5.91 Å². The van der Waals surface area contributed by atoms with Crippen molar-refractivity contribution in [3.8, 4) is 0 Å². The van der Waals surface area contributed by atoms with E-state index in [0.717, 1.165) is 30.5 Å². The van der Waals surface area contributed by atoms with Crippen LogP contribution in [-0.4, -0.2) is 47.0 Å². The summed E-state index contributed by atoms with van der Waals surface area (Å²) in [5.74, 6) is 0.893. The van der Waals surface area contributed by atoms with Crippen LogP contribution in [0.1, 0.15) is 20.3 Å². The molecule has 2 heterocycles. The van der Waals surface area contributed by atoms with Crippen LogP contribution in [0.4, 0.5) is 5.82 Å². The quantitative estimate of drug-likeness (QED) is 0.867. The summed E-state index contributed by atoms with van der Waals surface area (Å²) in [6.45, 7) is 5.42. The van der Waals surface area contributed by atoms with Crippen molar-refractivity contribution in [1.29, 1.82) is 0 Å². The molecular formula is C17H21ClN4O. The number of hydrogen-bond donors (Lipinski definition) is 0. The maximum absolute atomic E-state index is 12.2. The van der Waals surface area contributed by atoms with Gasteiger partial charge >= 0.3 is 0 Å². The first kappa shape index (κ1) is 16.0. The zero-order chi connectivity index (χ0) is 16.6. The molecule has 1 atom stereocenters. The van der Waals surface area contributed by atoms with Gasteiger partial charge in [-0.1, -0.05) is 37.6 Å². The highest BCUT2D eigenvalue weighted by atomic mass is 35.5. The van der Waals surface area contributed by atoms with Crippen molar-refractivity contribution >= 4 is 34.4 Å². The van der Waals surface area contributed by atoms with Gasteiger partial charge in [0.25, 0.3) is 0 Å². The SMILES string of the molecule is CC(C)C(=O)N(C)C1CCN(c2nc3ccccc3nc2Cl)C1. The normalized spacial score (nSPS) is 18.0. The van der Waals surface area contributed by atoms with E-state index < -0.39 is 0 Å². The third kappa shape index (κ3) is 3.11. The van der Waals surface area contributed by atoms with Crippen LogP contribution in [0.15, 0.2) is 24.3 Å². The molecule has 0 aliphatic carbocycles. The maximum atomic E-state index is 12.2. The molecule has 0 N–H and O–H groups in total. The first-order chi connectivity index (χ1) is 11.0. The molecule has 1 aliphatic rings. The first-order valence-electron chi connectivity index (χ1n) is 7.91. The Labute approximate surface area is 141 Å². The fraction of sp³-hybridized carbons (Fsp3) is 0.471. The number of carbonyl (C=O) groups is 1. The molecule has 1 aromatic heterocycles. The molecule has 3 rings (SSSR count). The monoisotopic (exact) mass is 332 g/mol. The van der Waals surface area contributed by atoms with Crippen molar-refractivity contribution < 1.29 is 4.79 Å². The lowest BCUT2D eigenvalue weighted by Crippen LogP contribution is -2.41. The Morgan fingerprint density at radius 3 is 2.61 bits per heavy atom. The summed E-state index contributed by atoms with van der Waals surface area (Å²) >= 11 is 6.33. The van der Waals surface area contributed by atoms with Gasteiger partial charge in [-0.15, -0.1) is 0 Å². The highest BCUT2D eigenvalue weighted by molar-refractivity contribution is 6.32. The van der Waals surface area contributed by atoms with Crippen LogP contribution in [0.25, 0.3) is 11.0 Å². The van der Waals surface area contributed by atoms with Gasteiger partial charge in [0.15, 0.2) is 11.0 Å². The topological polar surface area (TPSA) is 49.3 Å². The number of rotatable bonds is 3. The predicted octanol–water partition coefficient (Wildman–Crippen LogP) is 2.98. The lowest BCUT2D eigenvalue weighted by Gasteiger charge is -2.26. The van der Waals surface area contributed by atoms with Crippen LogP contribution in [-0.2, 0) is 4.79 Å². The van der Waals surface area contributed by atoms with Crippen LogP contribution < -0.4 is 4.90 Å². The van der Waals surface area contributed by atoms with Gasteiger partial charge in [0.05, 0.1) is 17.1 Å². The van der Waals surface area contributed by atoms with E-state index in [0.29, 0.717) is 11.0 Å². The van der Waals surface area contributed by atoms with Crippen LogP contribution >= 0.6 is 11.6 Å². The van der Waals surface area contributed by atoms with E-state index in [4.69, 9.17) is 11.6 Å². The number of halogens is 1. The predicted molar refractivity (Wildman–Crippen MR) is 92.8 cm³/mol. The number of benzene rings is 1. The molecule has 23 heavy (non-hydrogen) atoms. The van der Waals surface area contributed by atoms with Crippen molar-refractivity contribution in [1.82, 2.24) is 14.9 Å². The van der Waals surface area contributed by atoms with Gasteiger partial charge < -0.3 is 9.80 Å². The summed E-state index contributed by atoms with van der Waals surface area (Å²) in [6.07, 6.45) is 0.916. The third-order valence-electron chi connectivity index (χ3n) is 4.36. The Hall–Kier alpha value is -1.88. The Morgan fingerprint density at radius 2 is 1.96 bits per heavy atom. The molecule has 1 aromatic carbocycles. The Morgan fingerprint density at radius 1 is 1.30 bits per heavy atom. The smallest absolute Gasteiger partial charge is 0.225 e. The molecule has 5 nitrogen and oxygen atoms in total. The number of carbonyl (C=O) groups excluding carboxylic acids is 1. The molecule has 1 aliphatic heterocycles. The highest BCUT2D eigenvalue weighted by Crippen LogP contribution is 2.28. The molecule has 0 bridgehead atoms. The largest absolute Gasteiger partial charge is 0.352 e. The summed E-state index contributed by atoms with van der Waals surface area (Å²) in [7, 11) is 1.88. The summed E-state index contributed by atoms with van der Waals surface area (Å²) < 4.78 is 0. The average molecular weight is 333 g/mol. The molecule has 2 aromatic rings. The van der Waals surface area contributed by atoms with E-state index in [1.54, 1.807) is 0 Å². The standard InChI is InChI=1S/C17H21ClN4O/c1-11(2)17(23)21(3)12-8-9-22(10-12)16-15(18)19-13-6-4-5-7-14(13)20-16/h4-7,11-12H,8-10H2,1-3H3. The summed E-state index contributed by atoms with van der Waals surface area (Å²) in [6, 6.07) is 7.89. The van der Waals surface area contributed by atoms with E-state index in [1.165, 1.54) is 0 Å². The summed E-state index contributed by atoms with van der Waals surface area (Å²) in [4.78, 5) is 25.2. The van der Waals surface area contributed by atoms with E-state index in [1.807, 2.05) is 50.1 Å². The van der Waals surface area contributed by atoms with E-state index in [2.05, 4.69) is 14.9 Å². The average Bonchev–Trinajstić information content (AvgIpc) is 3.02. The zero-order valence-electron chi connectivity index (χ0n) is 13.7. The molecule has 1 unspecified atom stereocenters. The maximum Gasteiger partial charge on any atom is 0.225 e. The van der Waals surface area contributed by atoms with Crippen LogP contribution in [0.2, 0.25) is 5.15 Å². The van der Waals surface area contributed by atoms with Gasteiger partial charge in [-0.3, -0.25) is 4.79 Å². The van der Waals surface area contributed by atoms with Crippen molar-refractivity contribution in [3.05, 3.63) is 29.4 Å². The minimum absolute atomic E-state index is 0.0121. The number of nitrogens with zero attached hydrogens (tertiary/aromatic N) is 4. The zero-order valence-corrected chi connectivity index (χ0v) is 14.4. The van der Waals surface area contributed by atoms with Crippen LogP contribution in [0.3, 0.4) is 0 Å². The Kier molecular flexibility index (Phi) is 4.39. The molecule has 1 fully saturated rings. The molecule has 6 heteroatoms. The molecule has 0 saturated carbocycles. The van der Waals surface area contributed by atoms with Gasteiger partial charge in [0.1, 0.15) is 0 Å². The van der Waals surface area contributed by atoms with E-state index in [-0.39, 0.29) is 17.9 Å². The number of fused-ring (bicyclic) bond motifs is 1. The Bertz CT molecular complexity index is 734. The van der Waals surface area contributed by atoms with Crippen molar-refractivity contribution in [3.63, 3.8) is 0 Å². The van der Waals surface area contributed by atoms with Crippen molar-refractivity contribution in [2.24, 2.45) is 5.92 Å². The van der Waals surface area contributed by atoms with Gasteiger partial charge in [-0.05, 0) is 18.6 Å². The van der Waals surface area contributed by atoms with Crippen LogP contribution in [0.5, 0.6) is 0 Å². The fourth-order valence-corrected chi connectivity index (χ4v) is 3.26. The van der Waals surface area contributed by atoms with Gasteiger partial charge in [0, 0.05) is 26.1 Å². The van der Waals surface area contributed by atoms with Crippen molar-refractivity contribution in [2.75, 3.05) is 25.0 Å². The number of para-hydroxylation sites is 2. The number of anilines is 1. The molecule has 1 amide bonds. The first-order valence-corrected chi connectivity index (χ1v) is 8.29. The number of aromatic nitrogens is 2. The minimum atomic E-state index is 0.0121. The minimum Gasteiger partial charge on any atom is -0.352 e. The molecule has 0 spiro atoms. The molecule has 122 valence electrons. The summed E-state index contributed by atoms with van der Waals surface area (Å²) in [5.41, 5.74) is 1.63. The summed E-state index contributed by atoms with van der Waals surface area (Å²) in [5, 5.41) is 0.419. The molecule has 0 radical (unpaired) electrons. The van der Waals surface area contributed by atoms with Crippen LogP contribution in [0, 0.1) is 5.92 Å². The second kappa shape index (κ2) is 6.32. The van der Waals surface area contributed by atoms with Crippen molar-refractivity contribution in [2.45, 2.75) is 26.3 Å². The molecule has 1 saturated heterocycles. The number of amides is 1. The van der Waals surface area contributed by atoms with E-state index in [9.17, 15) is 4.79 Å². The van der Waals surface area contributed by atoms with Gasteiger partial charge in [-0.25, -0.2) is 9.97 Å². The second-order valence-corrected chi connectivity index (χ2v) is 6.68.